The van der Waals surface area contributed by atoms with Gasteiger partial charge in [0.2, 0.25) is 0 Å². The zero-order valence-electron chi connectivity index (χ0n) is 14.2. The molecule has 0 aliphatic heterocycles. The zero-order chi connectivity index (χ0) is 18.5. The van der Waals surface area contributed by atoms with Crippen LogP contribution in [0.5, 0.6) is 11.5 Å². The van der Waals surface area contributed by atoms with Crippen molar-refractivity contribution in [2.24, 2.45) is 0 Å². The molecule has 0 amide bonds. The zero-order valence-corrected chi connectivity index (χ0v) is 15.8. The van der Waals surface area contributed by atoms with E-state index in [1.165, 1.54) is 10.8 Å². The van der Waals surface area contributed by atoms with Crippen molar-refractivity contribution < 1.29 is 9.84 Å². The Hall–Kier alpha value is -2.42. The van der Waals surface area contributed by atoms with Gasteiger partial charge in [-0.2, -0.15) is 0 Å². The van der Waals surface area contributed by atoms with E-state index in [9.17, 15) is 0 Å². The number of halogens is 2. The van der Waals surface area contributed by atoms with Gasteiger partial charge in [-0.05, 0) is 65.5 Å². The molecule has 4 aromatic carbocycles. The molecule has 132 valence electrons. The summed E-state index contributed by atoms with van der Waals surface area (Å²) in [5.41, 5.74) is 0. The maximum atomic E-state index is 8.87. The van der Waals surface area contributed by atoms with Crippen molar-refractivity contribution in [1.82, 2.24) is 0 Å². The SMILES string of the molecule is CCOc1ccc(O)cc1.Clc1ccc2cc3ccccc3cc2c1Cl. The lowest BCUT2D eigenvalue weighted by atomic mass is 10.0. The lowest BCUT2D eigenvalue weighted by molar-refractivity contribution is 0.339. The molecule has 0 aromatic heterocycles. The average molecular weight is 385 g/mol. The molecule has 0 heterocycles. The van der Waals surface area contributed by atoms with Crippen molar-refractivity contribution in [1.29, 1.82) is 0 Å². The van der Waals surface area contributed by atoms with Crippen molar-refractivity contribution in [2.45, 2.75) is 6.92 Å². The highest BCUT2D eigenvalue weighted by molar-refractivity contribution is 6.45. The highest BCUT2D eigenvalue weighted by Gasteiger charge is 2.04. The first kappa shape index (κ1) is 18.4. The minimum Gasteiger partial charge on any atom is -0.508 e. The number of ether oxygens (including phenoxy) is 1. The molecule has 4 aromatic rings. The van der Waals surface area contributed by atoms with Gasteiger partial charge in [-0.1, -0.05) is 53.5 Å². The quantitative estimate of drug-likeness (QED) is 0.373. The van der Waals surface area contributed by atoms with Crippen LogP contribution in [0.3, 0.4) is 0 Å². The van der Waals surface area contributed by atoms with E-state index in [2.05, 4.69) is 24.3 Å². The van der Waals surface area contributed by atoms with E-state index in [4.69, 9.17) is 33.0 Å². The molecular weight excluding hydrogens is 367 g/mol. The summed E-state index contributed by atoms with van der Waals surface area (Å²) < 4.78 is 5.15. The Bertz CT molecular complexity index is 1030. The van der Waals surface area contributed by atoms with Crippen LogP contribution in [0.2, 0.25) is 10.0 Å². The molecule has 1 N–H and O–H groups in total. The molecule has 0 aliphatic carbocycles. The maximum absolute atomic E-state index is 8.87. The van der Waals surface area contributed by atoms with Gasteiger partial charge in [-0.25, -0.2) is 0 Å². The third kappa shape index (κ3) is 4.21. The van der Waals surface area contributed by atoms with Gasteiger partial charge in [0.25, 0.3) is 0 Å². The second-order valence-electron chi connectivity index (χ2n) is 5.71. The largest absolute Gasteiger partial charge is 0.508 e. The monoisotopic (exact) mass is 384 g/mol. The fourth-order valence-corrected chi connectivity index (χ4v) is 3.05. The van der Waals surface area contributed by atoms with Crippen LogP contribution in [0.25, 0.3) is 21.5 Å². The smallest absolute Gasteiger partial charge is 0.119 e. The molecule has 4 rings (SSSR count). The molecule has 4 heteroatoms. The molecule has 0 unspecified atom stereocenters. The molecule has 0 atom stereocenters. The van der Waals surface area contributed by atoms with Crippen LogP contribution in [0, 0.1) is 0 Å². The highest BCUT2D eigenvalue weighted by atomic mass is 35.5. The van der Waals surface area contributed by atoms with Crippen LogP contribution >= 0.6 is 23.2 Å². The first-order valence-electron chi connectivity index (χ1n) is 8.27. The summed E-state index contributed by atoms with van der Waals surface area (Å²) in [6.45, 7) is 2.58. The summed E-state index contributed by atoms with van der Waals surface area (Å²) in [5, 5.41) is 14.6. The molecule has 0 saturated carbocycles. The molecule has 26 heavy (non-hydrogen) atoms. The van der Waals surface area contributed by atoms with Crippen LogP contribution < -0.4 is 4.74 Å². The van der Waals surface area contributed by atoms with Crippen molar-refractivity contribution >= 4 is 44.7 Å². The lowest BCUT2D eigenvalue weighted by Gasteiger charge is -2.05. The van der Waals surface area contributed by atoms with Crippen molar-refractivity contribution in [3.05, 3.63) is 82.8 Å². The Labute approximate surface area is 162 Å². The molecule has 0 saturated heterocycles. The number of phenols is 1. The molecule has 0 bridgehead atoms. The van der Waals surface area contributed by atoms with Gasteiger partial charge >= 0.3 is 0 Å². The Morgan fingerprint density at radius 3 is 2.12 bits per heavy atom. The maximum Gasteiger partial charge on any atom is 0.119 e. The van der Waals surface area contributed by atoms with E-state index >= 15 is 0 Å². The van der Waals surface area contributed by atoms with Gasteiger partial charge in [0.15, 0.2) is 0 Å². The second-order valence-corrected chi connectivity index (χ2v) is 6.49. The van der Waals surface area contributed by atoms with Crippen molar-refractivity contribution in [3.8, 4) is 11.5 Å². The first-order chi connectivity index (χ1) is 12.6. The third-order valence-corrected chi connectivity index (χ3v) is 4.74. The number of aromatic hydroxyl groups is 1. The van der Waals surface area contributed by atoms with Gasteiger partial charge in [0.05, 0.1) is 16.7 Å². The highest BCUT2D eigenvalue weighted by Crippen LogP contribution is 2.33. The van der Waals surface area contributed by atoms with Crippen LogP contribution in [-0.4, -0.2) is 11.7 Å². The normalized spacial score (nSPS) is 10.4. The number of hydrogen-bond acceptors (Lipinski definition) is 2. The van der Waals surface area contributed by atoms with E-state index in [0.717, 1.165) is 16.5 Å². The van der Waals surface area contributed by atoms with Gasteiger partial charge in [0, 0.05) is 5.39 Å². The topological polar surface area (TPSA) is 29.5 Å². The molecule has 2 nitrogen and oxygen atoms in total. The molecule has 0 aliphatic rings. The van der Waals surface area contributed by atoms with Gasteiger partial charge < -0.3 is 9.84 Å². The molecule has 0 fully saturated rings. The van der Waals surface area contributed by atoms with Gasteiger partial charge in [-0.15, -0.1) is 0 Å². The number of benzene rings is 4. The fourth-order valence-electron chi connectivity index (χ4n) is 2.66. The lowest BCUT2D eigenvalue weighted by Crippen LogP contribution is -1.89. The summed E-state index contributed by atoms with van der Waals surface area (Å²) in [4.78, 5) is 0. The van der Waals surface area contributed by atoms with E-state index in [0.29, 0.717) is 16.7 Å². The van der Waals surface area contributed by atoms with Crippen LogP contribution in [0.4, 0.5) is 0 Å². The second kappa shape index (κ2) is 8.31. The summed E-state index contributed by atoms with van der Waals surface area (Å²) in [6, 6.07) is 22.9. The summed E-state index contributed by atoms with van der Waals surface area (Å²) in [7, 11) is 0. The van der Waals surface area contributed by atoms with Crippen molar-refractivity contribution in [2.75, 3.05) is 6.61 Å². The number of fused-ring (bicyclic) bond motifs is 2. The van der Waals surface area contributed by atoms with E-state index in [1.807, 2.05) is 31.2 Å². The Morgan fingerprint density at radius 2 is 1.46 bits per heavy atom. The minimum absolute atomic E-state index is 0.267. The molecule has 0 spiro atoms. The predicted molar refractivity (Wildman–Crippen MR) is 111 cm³/mol. The molecular formula is C22H18Cl2O2. The van der Waals surface area contributed by atoms with Crippen LogP contribution in [0.1, 0.15) is 6.92 Å². The summed E-state index contributed by atoms with van der Waals surface area (Å²) in [6.07, 6.45) is 0. The Balaban J connectivity index is 0.000000170. The van der Waals surface area contributed by atoms with Gasteiger partial charge in [-0.3, -0.25) is 0 Å². The van der Waals surface area contributed by atoms with E-state index in [-0.39, 0.29) is 5.75 Å². The van der Waals surface area contributed by atoms with Crippen LogP contribution in [-0.2, 0) is 0 Å². The Morgan fingerprint density at radius 1 is 0.808 bits per heavy atom. The first-order valence-corrected chi connectivity index (χ1v) is 9.02. The van der Waals surface area contributed by atoms with E-state index < -0.39 is 0 Å². The number of hydrogen-bond donors (Lipinski definition) is 1. The average Bonchev–Trinajstić information content (AvgIpc) is 2.66. The standard InChI is InChI=1S/C14H8Cl2.C8H10O2/c15-13-6-5-11-7-9-3-1-2-4-10(9)8-12(11)14(13)16;1-2-10-8-5-3-7(9)4-6-8/h1-8H;3-6,9H,2H2,1H3. The fraction of sp³-hybridized carbons (Fsp3) is 0.0909. The number of phenolic OH excluding ortho intramolecular Hbond substituents is 1. The minimum atomic E-state index is 0.267. The van der Waals surface area contributed by atoms with Crippen molar-refractivity contribution in [3.63, 3.8) is 0 Å². The molecule has 0 radical (unpaired) electrons. The van der Waals surface area contributed by atoms with Crippen LogP contribution in [0.15, 0.2) is 72.8 Å². The summed E-state index contributed by atoms with van der Waals surface area (Å²) in [5.74, 6) is 1.06. The third-order valence-electron chi connectivity index (χ3n) is 3.92. The van der Waals surface area contributed by atoms with Gasteiger partial charge in [0.1, 0.15) is 11.5 Å². The van der Waals surface area contributed by atoms with E-state index in [1.54, 1.807) is 24.3 Å². The Kier molecular flexibility index (Phi) is 5.87. The predicted octanol–water partition coefficient (Wildman–Crippen LogP) is 7.09. The number of rotatable bonds is 2. The summed E-state index contributed by atoms with van der Waals surface area (Å²) >= 11 is 12.2.